The summed E-state index contributed by atoms with van der Waals surface area (Å²) in [5, 5.41) is 3.52. The lowest BCUT2D eigenvalue weighted by molar-refractivity contribution is 0.0343. The van der Waals surface area contributed by atoms with E-state index in [2.05, 4.69) is 22.1 Å². The Balaban J connectivity index is 1.77. The van der Waals surface area contributed by atoms with Gasteiger partial charge in [-0.1, -0.05) is 6.07 Å². The van der Waals surface area contributed by atoms with Crippen molar-refractivity contribution in [3.8, 4) is 5.88 Å². The molecule has 1 aromatic rings. The third-order valence-electron chi connectivity index (χ3n) is 3.32. The molecular formula is C14H23N3O2. The Hall–Kier alpha value is -1.17. The molecule has 19 heavy (non-hydrogen) atoms. The molecule has 1 unspecified atom stereocenters. The molecule has 0 aliphatic carbocycles. The molecule has 0 bridgehead atoms. The average molecular weight is 265 g/mol. The van der Waals surface area contributed by atoms with Gasteiger partial charge in [0, 0.05) is 44.0 Å². The van der Waals surface area contributed by atoms with E-state index in [0.29, 0.717) is 11.9 Å². The van der Waals surface area contributed by atoms with E-state index >= 15 is 0 Å². The number of nitrogens with zero attached hydrogens (tertiary/aromatic N) is 2. The summed E-state index contributed by atoms with van der Waals surface area (Å²) in [6.07, 6.45) is 1.75. The first-order valence-electron chi connectivity index (χ1n) is 6.81. The number of aromatic nitrogens is 1. The topological polar surface area (TPSA) is 46.6 Å². The van der Waals surface area contributed by atoms with Crippen molar-refractivity contribution >= 4 is 0 Å². The van der Waals surface area contributed by atoms with Crippen molar-refractivity contribution in [3.05, 3.63) is 23.9 Å². The summed E-state index contributed by atoms with van der Waals surface area (Å²) in [6, 6.07) is 4.41. The van der Waals surface area contributed by atoms with Crippen LogP contribution in [0.3, 0.4) is 0 Å². The van der Waals surface area contributed by atoms with Crippen LogP contribution in [0.1, 0.15) is 12.5 Å². The molecule has 1 aromatic heterocycles. The van der Waals surface area contributed by atoms with Gasteiger partial charge in [0.1, 0.15) is 0 Å². The molecule has 106 valence electrons. The van der Waals surface area contributed by atoms with Gasteiger partial charge in [-0.15, -0.1) is 0 Å². The van der Waals surface area contributed by atoms with Gasteiger partial charge in [0.25, 0.3) is 0 Å². The van der Waals surface area contributed by atoms with Crippen molar-refractivity contribution < 1.29 is 9.47 Å². The normalized spacial score (nSPS) is 18.2. The van der Waals surface area contributed by atoms with Gasteiger partial charge >= 0.3 is 0 Å². The van der Waals surface area contributed by atoms with Gasteiger partial charge in [0.15, 0.2) is 0 Å². The van der Waals surface area contributed by atoms with Crippen LogP contribution in [-0.2, 0) is 11.3 Å². The Morgan fingerprint density at radius 1 is 1.47 bits per heavy atom. The molecule has 1 fully saturated rings. The van der Waals surface area contributed by atoms with E-state index in [0.717, 1.165) is 45.0 Å². The van der Waals surface area contributed by atoms with E-state index < -0.39 is 0 Å². The van der Waals surface area contributed by atoms with E-state index in [1.54, 1.807) is 13.3 Å². The van der Waals surface area contributed by atoms with Gasteiger partial charge in [-0.2, -0.15) is 0 Å². The van der Waals surface area contributed by atoms with Crippen molar-refractivity contribution in [2.24, 2.45) is 0 Å². The highest BCUT2D eigenvalue weighted by atomic mass is 16.5. The zero-order chi connectivity index (χ0) is 13.5. The molecular weight excluding hydrogens is 242 g/mol. The number of methoxy groups -OCH3 is 1. The van der Waals surface area contributed by atoms with E-state index in [1.165, 1.54) is 0 Å². The zero-order valence-electron chi connectivity index (χ0n) is 11.8. The third kappa shape index (κ3) is 4.45. The van der Waals surface area contributed by atoms with Crippen LogP contribution in [0.4, 0.5) is 0 Å². The van der Waals surface area contributed by atoms with Crippen LogP contribution in [0.15, 0.2) is 18.3 Å². The van der Waals surface area contributed by atoms with E-state index in [-0.39, 0.29) is 0 Å². The monoisotopic (exact) mass is 265 g/mol. The summed E-state index contributed by atoms with van der Waals surface area (Å²) < 4.78 is 10.6. The van der Waals surface area contributed by atoms with E-state index in [1.807, 2.05) is 12.1 Å². The highest BCUT2D eigenvalue weighted by Gasteiger charge is 2.13. The van der Waals surface area contributed by atoms with Gasteiger partial charge in [0.2, 0.25) is 5.88 Å². The number of ether oxygens (including phenoxy) is 2. The SMILES string of the molecule is COc1ncccc1CNC(C)CN1CCOCC1. The second-order valence-corrected chi connectivity index (χ2v) is 4.87. The Bertz CT molecular complexity index is 381. The standard InChI is InChI=1S/C14H23N3O2/c1-12(11-17-6-8-19-9-7-17)16-10-13-4-3-5-15-14(13)18-2/h3-5,12,16H,6-11H2,1-2H3. The molecule has 0 radical (unpaired) electrons. The molecule has 5 heteroatoms. The Kier molecular flexibility index (Phi) is 5.57. The number of hydrogen-bond donors (Lipinski definition) is 1. The summed E-state index contributed by atoms with van der Waals surface area (Å²) in [5.74, 6) is 0.702. The molecule has 2 rings (SSSR count). The lowest BCUT2D eigenvalue weighted by Crippen LogP contribution is -2.44. The van der Waals surface area contributed by atoms with Crippen molar-refractivity contribution in [1.82, 2.24) is 15.2 Å². The number of rotatable bonds is 6. The lowest BCUT2D eigenvalue weighted by Gasteiger charge is -2.29. The minimum Gasteiger partial charge on any atom is -0.481 e. The average Bonchev–Trinajstić information content (AvgIpc) is 2.46. The summed E-state index contributed by atoms with van der Waals surface area (Å²) in [7, 11) is 1.66. The van der Waals surface area contributed by atoms with Crippen molar-refractivity contribution in [3.63, 3.8) is 0 Å². The molecule has 1 atom stereocenters. The van der Waals surface area contributed by atoms with Crippen LogP contribution in [0.25, 0.3) is 0 Å². The van der Waals surface area contributed by atoms with Crippen molar-refractivity contribution in [2.75, 3.05) is 40.0 Å². The fraction of sp³-hybridized carbons (Fsp3) is 0.643. The molecule has 0 saturated carbocycles. The van der Waals surface area contributed by atoms with Crippen LogP contribution >= 0.6 is 0 Å². The first-order valence-corrected chi connectivity index (χ1v) is 6.81. The highest BCUT2D eigenvalue weighted by molar-refractivity contribution is 5.25. The predicted octanol–water partition coefficient (Wildman–Crippen LogP) is 0.900. The Morgan fingerprint density at radius 3 is 3.00 bits per heavy atom. The maximum atomic E-state index is 5.35. The zero-order valence-corrected chi connectivity index (χ0v) is 11.8. The number of hydrogen-bond acceptors (Lipinski definition) is 5. The summed E-state index contributed by atoms with van der Waals surface area (Å²) in [4.78, 5) is 6.63. The van der Waals surface area contributed by atoms with Crippen LogP contribution in [0, 0.1) is 0 Å². The second-order valence-electron chi connectivity index (χ2n) is 4.87. The maximum Gasteiger partial charge on any atom is 0.217 e. The third-order valence-corrected chi connectivity index (χ3v) is 3.32. The fourth-order valence-electron chi connectivity index (χ4n) is 2.26. The first kappa shape index (κ1) is 14.2. The van der Waals surface area contributed by atoms with Crippen LogP contribution in [0.5, 0.6) is 5.88 Å². The van der Waals surface area contributed by atoms with Crippen LogP contribution < -0.4 is 10.1 Å². The van der Waals surface area contributed by atoms with Gasteiger partial charge in [-0.25, -0.2) is 4.98 Å². The van der Waals surface area contributed by atoms with Crippen LogP contribution in [-0.4, -0.2) is 55.9 Å². The molecule has 1 aliphatic rings. The molecule has 2 heterocycles. The lowest BCUT2D eigenvalue weighted by atomic mass is 10.2. The second kappa shape index (κ2) is 7.43. The smallest absolute Gasteiger partial charge is 0.217 e. The van der Waals surface area contributed by atoms with Crippen LogP contribution in [0.2, 0.25) is 0 Å². The number of morpholine rings is 1. The minimum absolute atomic E-state index is 0.433. The molecule has 0 aromatic carbocycles. The maximum absolute atomic E-state index is 5.35. The minimum atomic E-state index is 0.433. The first-order chi connectivity index (χ1) is 9.29. The Labute approximate surface area is 114 Å². The van der Waals surface area contributed by atoms with Crippen molar-refractivity contribution in [2.45, 2.75) is 19.5 Å². The Morgan fingerprint density at radius 2 is 2.26 bits per heavy atom. The largest absolute Gasteiger partial charge is 0.481 e. The van der Waals surface area contributed by atoms with Crippen molar-refractivity contribution in [1.29, 1.82) is 0 Å². The van der Waals surface area contributed by atoms with Gasteiger partial charge in [0.05, 0.1) is 20.3 Å². The molecule has 1 N–H and O–H groups in total. The molecule has 1 saturated heterocycles. The molecule has 5 nitrogen and oxygen atoms in total. The highest BCUT2D eigenvalue weighted by Crippen LogP contribution is 2.13. The van der Waals surface area contributed by atoms with E-state index in [9.17, 15) is 0 Å². The quantitative estimate of drug-likeness (QED) is 0.828. The van der Waals surface area contributed by atoms with Gasteiger partial charge < -0.3 is 14.8 Å². The van der Waals surface area contributed by atoms with E-state index in [4.69, 9.17) is 9.47 Å². The summed E-state index contributed by atoms with van der Waals surface area (Å²) >= 11 is 0. The van der Waals surface area contributed by atoms with Gasteiger partial charge in [-0.05, 0) is 13.0 Å². The molecule has 0 spiro atoms. The fourth-order valence-corrected chi connectivity index (χ4v) is 2.26. The number of pyridine rings is 1. The summed E-state index contributed by atoms with van der Waals surface area (Å²) in [5.41, 5.74) is 1.10. The summed E-state index contributed by atoms with van der Waals surface area (Å²) in [6.45, 7) is 7.80. The predicted molar refractivity (Wildman–Crippen MR) is 74.3 cm³/mol. The number of nitrogens with one attached hydrogen (secondary N) is 1. The molecule has 1 aliphatic heterocycles. The van der Waals surface area contributed by atoms with Gasteiger partial charge in [-0.3, -0.25) is 4.90 Å². The molecule has 0 amide bonds.